The number of alkyl halides is 2. The van der Waals surface area contributed by atoms with Crippen LogP contribution in [0.15, 0.2) is 36.4 Å². The maximum Gasteiger partial charge on any atom is 0.265 e. The topological polar surface area (TPSA) is 58.6 Å². The average molecular weight is 414 g/mol. The van der Waals surface area contributed by atoms with Crippen molar-refractivity contribution < 1.29 is 23.1 Å². The third-order valence-electron chi connectivity index (χ3n) is 5.58. The van der Waals surface area contributed by atoms with Gasteiger partial charge in [-0.25, -0.2) is 8.78 Å². The number of carbonyl (C=O) groups is 2. The number of nitrogens with zero attached hydrogens (tertiary/aromatic N) is 1. The van der Waals surface area contributed by atoms with Crippen molar-refractivity contribution in [1.29, 1.82) is 0 Å². The second-order valence-corrected chi connectivity index (χ2v) is 7.94. The zero-order valence-electron chi connectivity index (χ0n) is 16.8. The molecule has 1 N–H and O–H groups in total. The van der Waals surface area contributed by atoms with Crippen LogP contribution in [0.5, 0.6) is 5.75 Å². The summed E-state index contributed by atoms with van der Waals surface area (Å²) in [4.78, 5) is 26.7. The number of halogens is 2. The van der Waals surface area contributed by atoms with E-state index in [4.69, 9.17) is 4.74 Å². The number of piperidine rings is 1. The monoisotopic (exact) mass is 414 g/mol. The number of nitrogens with one attached hydrogen (secondary N) is 1. The fourth-order valence-electron chi connectivity index (χ4n) is 3.91. The van der Waals surface area contributed by atoms with Crippen LogP contribution in [0.4, 0.5) is 14.5 Å². The molecule has 0 saturated carbocycles. The minimum absolute atomic E-state index is 0.197. The van der Waals surface area contributed by atoms with Crippen molar-refractivity contribution in [1.82, 2.24) is 4.90 Å². The smallest absolute Gasteiger partial charge is 0.265 e. The predicted molar refractivity (Wildman–Crippen MR) is 109 cm³/mol. The van der Waals surface area contributed by atoms with Crippen molar-refractivity contribution in [3.05, 3.63) is 58.7 Å². The number of hydrogen-bond acceptors (Lipinski definition) is 3. The summed E-state index contributed by atoms with van der Waals surface area (Å²) in [6, 6.07) is 10.2. The number of amides is 2. The summed E-state index contributed by atoms with van der Waals surface area (Å²) in [5, 5.41) is 2.85. The number of anilines is 1. The van der Waals surface area contributed by atoms with Crippen LogP contribution in [0.2, 0.25) is 0 Å². The molecule has 2 aliphatic rings. The lowest BCUT2D eigenvalue weighted by Gasteiger charge is -2.32. The number of likely N-dealkylation sites (tertiary alicyclic amines) is 1. The van der Waals surface area contributed by atoms with Crippen LogP contribution in [0.25, 0.3) is 0 Å². The minimum atomic E-state index is -2.86. The standard InChI is InChI=1S/C23H24F2N2O3/c1-15-5-6-18(22(29)27-10-3-9-23(24,25)14-27)13-19(15)26-21(28)17-7-8-20-16(12-17)4-2-11-30-20/h5-8,12-13H,2-4,9-11,14H2,1H3,(H,26,28). The van der Waals surface area contributed by atoms with Gasteiger partial charge in [0.1, 0.15) is 5.75 Å². The molecule has 2 aliphatic heterocycles. The maximum absolute atomic E-state index is 13.7. The summed E-state index contributed by atoms with van der Waals surface area (Å²) in [6.07, 6.45) is 1.85. The Morgan fingerprint density at radius 3 is 2.70 bits per heavy atom. The Morgan fingerprint density at radius 1 is 1.10 bits per heavy atom. The fraction of sp³-hybridized carbons (Fsp3) is 0.391. The Balaban J connectivity index is 1.52. The molecule has 2 amide bonds. The Morgan fingerprint density at radius 2 is 1.90 bits per heavy atom. The molecule has 1 saturated heterocycles. The molecule has 0 bridgehead atoms. The summed E-state index contributed by atoms with van der Waals surface area (Å²) in [7, 11) is 0. The molecule has 0 atom stereocenters. The quantitative estimate of drug-likeness (QED) is 0.808. The molecule has 5 nitrogen and oxygen atoms in total. The van der Waals surface area contributed by atoms with Crippen molar-refractivity contribution in [2.75, 3.05) is 25.0 Å². The molecule has 158 valence electrons. The van der Waals surface area contributed by atoms with Crippen LogP contribution >= 0.6 is 0 Å². The number of fused-ring (bicyclic) bond motifs is 1. The Bertz CT molecular complexity index is 990. The third-order valence-corrected chi connectivity index (χ3v) is 5.58. The van der Waals surface area contributed by atoms with Crippen molar-refractivity contribution in [2.45, 2.75) is 38.5 Å². The largest absolute Gasteiger partial charge is 0.493 e. The van der Waals surface area contributed by atoms with Gasteiger partial charge in [0.05, 0.1) is 13.2 Å². The highest BCUT2D eigenvalue weighted by Gasteiger charge is 2.37. The summed E-state index contributed by atoms with van der Waals surface area (Å²) in [5.74, 6) is -2.79. The van der Waals surface area contributed by atoms with Gasteiger partial charge in [-0.05, 0) is 67.6 Å². The van der Waals surface area contributed by atoms with Crippen molar-refractivity contribution in [2.24, 2.45) is 0 Å². The predicted octanol–water partition coefficient (Wildman–Crippen LogP) is 4.44. The average Bonchev–Trinajstić information content (AvgIpc) is 2.73. The van der Waals surface area contributed by atoms with E-state index in [-0.39, 0.29) is 24.3 Å². The molecule has 0 radical (unpaired) electrons. The molecular formula is C23H24F2N2O3. The normalized spacial score (nSPS) is 17.6. The van der Waals surface area contributed by atoms with Gasteiger partial charge in [-0.15, -0.1) is 0 Å². The molecule has 2 aromatic carbocycles. The van der Waals surface area contributed by atoms with E-state index in [2.05, 4.69) is 5.32 Å². The Labute approximate surface area is 174 Å². The first kappa shape index (κ1) is 20.3. The molecule has 2 aromatic rings. The molecule has 7 heteroatoms. The fourth-order valence-corrected chi connectivity index (χ4v) is 3.91. The van der Waals surface area contributed by atoms with Gasteiger partial charge in [-0.3, -0.25) is 9.59 Å². The lowest BCUT2D eigenvalue weighted by molar-refractivity contribution is -0.0560. The van der Waals surface area contributed by atoms with Crippen LogP contribution < -0.4 is 10.1 Å². The second kappa shape index (κ2) is 8.05. The highest BCUT2D eigenvalue weighted by Crippen LogP contribution is 2.29. The second-order valence-electron chi connectivity index (χ2n) is 7.94. The van der Waals surface area contributed by atoms with E-state index < -0.39 is 18.4 Å². The molecule has 0 unspecified atom stereocenters. The Kier molecular flexibility index (Phi) is 5.45. The van der Waals surface area contributed by atoms with Crippen LogP contribution in [-0.2, 0) is 6.42 Å². The number of ether oxygens (including phenoxy) is 1. The highest BCUT2D eigenvalue weighted by atomic mass is 19.3. The first-order valence-electron chi connectivity index (χ1n) is 10.2. The van der Waals surface area contributed by atoms with Crippen LogP contribution in [0.3, 0.4) is 0 Å². The molecule has 0 spiro atoms. The summed E-state index contributed by atoms with van der Waals surface area (Å²) < 4.78 is 33.0. The highest BCUT2D eigenvalue weighted by molar-refractivity contribution is 6.05. The molecular weight excluding hydrogens is 390 g/mol. The van der Waals surface area contributed by atoms with E-state index in [0.717, 1.165) is 29.7 Å². The third kappa shape index (κ3) is 4.30. The summed E-state index contributed by atoms with van der Waals surface area (Å²) in [6.45, 7) is 2.24. The molecule has 30 heavy (non-hydrogen) atoms. The zero-order chi connectivity index (χ0) is 21.3. The van der Waals surface area contributed by atoms with E-state index >= 15 is 0 Å². The molecule has 0 aromatic heterocycles. The van der Waals surface area contributed by atoms with E-state index in [0.29, 0.717) is 24.4 Å². The number of aryl methyl sites for hydroxylation is 2. The SMILES string of the molecule is Cc1ccc(C(=O)N2CCCC(F)(F)C2)cc1NC(=O)c1ccc2c(c1)CCCO2. The number of carbonyl (C=O) groups excluding carboxylic acids is 2. The van der Waals surface area contributed by atoms with Gasteiger partial charge in [0.15, 0.2) is 0 Å². The van der Waals surface area contributed by atoms with Crippen LogP contribution in [0.1, 0.15) is 51.1 Å². The maximum atomic E-state index is 13.7. The van der Waals surface area contributed by atoms with Gasteiger partial charge in [-0.2, -0.15) is 0 Å². The van der Waals surface area contributed by atoms with Gasteiger partial charge in [0.25, 0.3) is 17.7 Å². The molecule has 4 rings (SSSR count). The first-order chi connectivity index (χ1) is 14.3. The first-order valence-corrected chi connectivity index (χ1v) is 10.2. The van der Waals surface area contributed by atoms with Crippen LogP contribution in [-0.4, -0.2) is 42.3 Å². The van der Waals surface area contributed by atoms with Gasteiger partial charge in [0, 0.05) is 29.8 Å². The molecule has 0 aliphatic carbocycles. The molecule has 1 fully saturated rings. The van der Waals surface area contributed by atoms with Crippen molar-refractivity contribution >= 4 is 17.5 Å². The summed E-state index contributed by atoms with van der Waals surface area (Å²) >= 11 is 0. The van der Waals surface area contributed by atoms with Crippen LogP contribution in [0, 0.1) is 6.92 Å². The Hall–Kier alpha value is -2.96. The van der Waals surface area contributed by atoms with Crippen molar-refractivity contribution in [3.63, 3.8) is 0 Å². The van der Waals surface area contributed by atoms with E-state index in [9.17, 15) is 18.4 Å². The van der Waals surface area contributed by atoms with Crippen molar-refractivity contribution in [3.8, 4) is 5.75 Å². The minimum Gasteiger partial charge on any atom is -0.493 e. The van der Waals surface area contributed by atoms with Gasteiger partial charge >= 0.3 is 0 Å². The van der Waals surface area contributed by atoms with Gasteiger partial charge in [0.2, 0.25) is 0 Å². The van der Waals surface area contributed by atoms with E-state index in [1.165, 1.54) is 4.90 Å². The molecule has 2 heterocycles. The summed E-state index contributed by atoms with van der Waals surface area (Å²) in [5.41, 5.74) is 3.06. The number of rotatable bonds is 3. The van der Waals surface area contributed by atoms with Gasteiger partial charge < -0.3 is 15.0 Å². The lowest BCUT2D eigenvalue weighted by Crippen LogP contribution is -2.45. The number of benzene rings is 2. The van der Waals surface area contributed by atoms with E-state index in [1.54, 1.807) is 30.3 Å². The van der Waals surface area contributed by atoms with E-state index in [1.807, 2.05) is 13.0 Å². The number of hydrogen-bond donors (Lipinski definition) is 1. The van der Waals surface area contributed by atoms with Gasteiger partial charge in [-0.1, -0.05) is 6.07 Å². The lowest BCUT2D eigenvalue weighted by atomic mass is 10.0. The zero-order valence-corrected chi connectivity index (χ0v) is 16.8.